The summed E-state index contributed by atoms with van der Waals surface area (Å²) in [6.07, 6.45) is 0.891. The first-order valence-corrected chi connectivity index (χ1v) is 4.85. The average molecular weight is 186 g/mol. The van der Waals surface area contributed by atoms with Gasteiger partial charge in [-0.15, -0.1) is 0 Å². The number of aldehydes is 1. The molecule has 0 unspecified atom stereocenters. The molecule has 0 amide bonds. The van der Waals surface area contributed by atoms with Crippen molar-refractivity contribution in [3.8, 4) is 0 Å². The van der Waals surface area contributed by atoms with E-state index in [0.717, 1.165) is 22.6 Å². The molecule has 1 heteroatoms. The van der Waals surface area contributed by atoms with Crippen molar-refractivity contribution < 1.29 is 4.79 Å². The third kappa shape index (κ3) is 1.99. The van der Waals surface area contributed by atoms with Crippen molar-refractivity contribution in [2.75, 3.05) is 0 Å². The van der Waals surface area contributed by atoms with Gasteiger partial charge in [0.1, 0.15) is 0 Å². The lowest BCUT2D eigenvalue weighted by atomic mass is 10.1. The van der Waals surface area contributed by atoms with E-state index in [1.165, 1.54) is 0 Å². The molecule has 0 heterocycles. The Morgan fingerprint density at radius 2 is 1.57 bits per heavy atom. The average Bonchev–Trinajstić information content (AvgIpc) is 2.31. The zero-order valence-electron chi connectivity index (χ0n) is 8.53. The highest BCUT2D eigenvalue weighted by molar-refractivity contribution is 5.97. The molecular weight excluding hydrogens is 172 g/mol. The minimum Gasteiger partial charge on any atom is -0.298 e. The molecular formula is C13H14O. The second-order valence-electron chi connectivity index (χ2n) is 2.69. The van der Waals surface area contributed by atoms with Gasteiger partial charge in [0.25, 0.3) is 0 Å². The maximum atomic E-state index is 10.6. The van der Waals surface area contributed by atoms with Gasteiger partial charge in [-0.1, -0.05) is 56.3 Å². The fourth-order valence-electron chi connectivity index (χ4n) is 1.35. The van der Waals surface area contributed by atoms with Crippen molar-refractivity contribution in [2.24, 2.45) is 0 Å². The summed E-state index contributed by atoms with van der Waals surface area (Å²) in [6.45, 7) is 4.00. The van der Waals surface area contributed by atoms with Crippen molar-refractivity contribution in [3.63, 3.8) is 0 Å². The normalized spacial score (nSPS) is 9.00. The summed E-state index contributed by atoms with van der Waals surface area (Å²) in [6, 6.07) is 13.6. The molecule has 0 saturated heterocycles. The Balaban J connectivity index is 0.000000461. The summed E-state index contributed by atoms with van der Waals surface area (Å²) in [5.41, 5.74) is 0.758. The minimum absolute atomic E-state index is 0.758. The molecule has 2 rings (SSSR count). The summed E-state index contributed by atoms with van der Waals surface area (Å²) < 4.78 is 0. The predicted molar refractivity (Wildman–Crippen MR) is 60.7 cm³/mol. The smallest absolute Gasteiger partial charge is 0.150 e. The van der Waals surface area contributed by atoms with Crippen molar-refractivity contribution in [1.82, 2.24) is 0 Å². The fourth-order valence-corrected chi connectivity index (χ4v) is 1.35. The van der Waals surface area contributed by atoms with Gasteiger partial charge < -0.3 is 0 Å². The monoisotopic (exact) mass is 186 g/mol. The molecule has 0 radical (unpaired) electrons. The van der Waals surface area contributed by atoms with E-state index in [-0.39, 0.29) is 0 Å². The molecule has 0 aliphatic carbocycles. The molecule has 0 aromatic heterocycles. The largest absolute Gasteiger partial charge is 0.298 e. The van der Waals surface area contributed by atoms with Crippen molar-refractivity contribution >= 4 is 17.1 Å². The van der Waals surface area contributed by atoms with Gasteiger partial charge in [-0.3, -0.25) is 4.79 Å². The molecule has 0 aliphatic heterocycles. The van der Waals surface area contributed by atoms with Crippen LogP contribution in [0.15, 0.2) is 42.5 Å². The third-order valence-corrected chi connectivity index (χ3v) is 1.95. The molecule has 14 heavy (non-hydrogen) atoms. The van der Waals surface area contributed by atoms with Crippen LogP contribution in [0, 0.1) is 0 Å². The first kappa shape index (κ1) is 10.5. The van der Waals surface area contributed by atoms with Gasteiger partial charge in [-0.05, 0) is 10.8 Å². The lowest BCUT2D eigenvalue weighted by Gasteiger charge is -1.98. The Morgan fingerprint density at radius 3 is 2.29 bits per heavy atom. The number of fused-ring (bicyclic) bond motifs is 1. The van der Waals surface area contributed by atoms with Crippen LogP contribution in [0.25, 0.3) is 10.8 Å². The Kier molecular flexibility index (Phi) is 3.86. The van der Waals surface area contributed by atoms with E-state index in [2.05, 4.69) is 0 Å². The van der Waals surface area contributed by atoms with E-state index in [0.29, 0.717) is 0 Å². The minimum atomic E-state index is 0.758. The van der Waals surface area contributed by atoms with Gasteiger partial charge in [0.2, 0.25) is 0 Å². The fraction of sp³-hybridized carbons (Fsp3) is 0.154. The zero-order chi connectivity index (χ0) is 10.4. The van der Waals surface area contributed by atoms with Crippen LogP contribution < -0.4 is 0 Å². The van der Waals surface area contributed by atoms with Crippen LogP contribution in [-0.4, -0.2) is 6.29 Å². The second kappa shape index (κ2) is 5.18. The summed E-state index contributed by atoms with van der Waals surface area (Å²) in [7, 11) is 0. The number of rotatable bonds is 1. The van der Waals surface area contributed by atoms with E-state index >= 15 is 0 Å². The lowest BCUT2D eigenvalue weighted by molar-refractivity contribution is 0.112. The van der Waals surface area contributed by atoms with Crippen LogP contribution in [-0.2, 0) is 0 Å². The maximum absolute atomic E-state index is 10.6. The number of carbonyl (C=O) groups is 1. The van der Waals surface area contributed by atoms with Crippen LogP contribution in [0.4, 0.5) is 0 Å². The predicted octanol–water partition coefficient (Wildman–Crippen LogP) is 3.68. The number of benzene rings is 2. The molecule has 2 aromatic rings. The van der Waals surface area contributed by atoms with Gasteiger partial charge in [0, 0.05) is 5.56 Å². The van der Waals surface area contributed by atoms with Gasteiger partial charge in [-0.2, -0.15) is 0 Å². The Bertz CT molecular complexity index is 413. The first-order chi connectivity index (χ1) is 6.92. The first-order valence-electron chi connectivity index (χ1n) is 4.85. The number of hydrogen-bond donors (Lipinski definition) is 0. The highest BCUT2D eigenvalue weighted by Gasteiger charge is 1.96. The summed E-state index contributed by atoms with van der Waals surface area (Å²) in [5, 5.41) is 2.14. The molecule has 0 aliphatic rings. The van der Waals surface area contributed by atoms with Crippen LogP contribution in [0.2, 0.25) is 0 Å². The Morgan fingerprint density at radius 1 is 0.929 bits per heavy atom. The van der Waals surface area contributed by atoms with Crippen LogP contribution in [0.5, 0.6) is 0 Å². The summed E-state index contributed by atoms with van der Waals surface area (Å²) >= 11 is 0. The van der Waals surface area contributed by atoms with Crippen LogP contribution >= 0.6 is 0 Å². The SMILES string of the molecule is CC.O=Cc1cccc2ccccc12. The maximum Gasteiger partial charge on any atom is 0.150 e. The molecule has 0 atom stereocenters. The van der Waals surface area contributed by atoms with Crippen LogP contribution in [0.3, 0.4) is 0 Å². The van der Waals surface area contributed by atoms with E-state index in [1.807, 2.05) is 56.3 Å². The molecule has 72 valence electrons. The van der Waals surface area contributed by atoms with Gasteiger partial charge in [0.15, 0.2) is 6.29 Å². The Labute approximate surface area is 84.4 Å². The zero-order valence-corrected chi connectivity index (χ0v) is 8.53. The highest BCUT2D eigenvalue weighted by atomic mass is 16.1. The summed E-state index contributed by atoms with van der Waals surface area (Å²) in [4.78, 5) is 10.6. The third-order valence-electron chi connectivity index (χ3n) is 1.95. The van der Waals surface area contributed by atoms with Gasteiger partial charge in [-0.25, -0.2) is 0 Å². The molecule has 0 N–H and O–H groups in total. The molecule has 2 aromatic carbocycles. The number of hydrogen-bond acceptors (Lipinski definition) is 1. The van der Waals surface area contributed by atoms with E-state index in [4.69, 9.17) is 0 Å². The summed E-state index contributed by atoms with van der Waals surface area (Å²) in [5.74, 6) is 0. The highest BCUT2D eigenvalue weighted by Crippen LogP contribution is 2.16. The van der Waals surface area contributed by atoms with Crippen LogP contribution in [0.1, 0.15) is 24.2 Å². The van der Waals surface area contributed by atoms with Crippen molar-refractivity contribution in [2.45, 2.75) is 13.8 Å². The quantitative estimate of drug-likeness (QED) is 0.621. The number of carbonyl (C=O) groups excluding carboxylic acids is 1. The molecule has 1 nitrogen and oxygen atoms in total. The Hall–Kier alpha value is -1.63. The van der Waals surface area contributed by atoms with Gasteiger partial charge >= 0.3 is 0 Å². The van der Waals surface area contributed by atoms with Crippen molar-refractivity contribution in [1.29, 1.82) is 0 Å². The van der Waals surface area contributed by atoms with Gasteiger partial charge in [0.05, 0.1) is 0 Å². The molecule has 0 saturated carbocycles. The van der Waals surface area contributed by atoms with E-state index in [9.17, 15) is 4.79 Å². The second-order valence-corrected chi connectivity index (χ2v) is 2.69. The lowest BCUT2D eigenvalue weighted by Crippen LogP contribution is -1.81. The van der Waals surface area contributed by atoms with E-state index < -0.39 is 0 Å². The standard InChI is InChI=1S/C11H8O.C2H6/c12-8-10-6-3-5-9-4-1-2-7-11(9)10;1-2/h1-8H;1-2H3. The topological polar surface area (TPSA) is 17.1 Å². The van der Waals surface area contributed by atoms with E-state index in [1.54, 1.807) is 0 Å². The molecule has 0 bridgehead atoms. The van der Waals surface area contributed by atoms with Crippen molar-refractivity contribution in [3.05, 3.63) is 48.0 Å². The molecule has 0 fully saturated rings. The molecule has 0 spiro atoms.